The first kappa shape index (κ1) is 16.0. The van der Waals surface area contributed by atoms with Crippen molar-refractivity contribution in [3.63, 3.8) is 0 Å². The highest BCUT2D eigenvalue weighted by atomic mass is 127. The van der Waals surface area contributed by atoms with E-state index in [2.05, 4.69) is 45.2 Å². The summed E-state index contributed by atoms with van der Waals surface area (Å²) >= 11 is 4.79. The van der Waals surface area contributed by atoms with Crippen LogP contribution >= 0.6 is 45.2 Å². The van der Waals surface area contributed by atoms with Crippen LogP contribution in [-0.4, -0.2) is 15.0 Å². The van der Waals surface area contributed by atoms with Crippen molar-refractivity contribution in [1.82, 2.24) is 0 Å². The van der Waals surface area contributed by atoms with Crippen LogP contribution in [0.5, 0.6) is 5.75 Å². The molecule has 0 spiro atoms. The van der Waals surface area contributed by atoms with Crippen molar-refractivity contribution in [1.29, 1.82) is 0 Å². The molecule has 5 heteroatoms. The molecule has 0 N–H and O–H groups in total. The van der Waals surface area contributed by atoms with Gasteiger partial charge >= 0.3 is 0 Å². The molecule has 1 aliphatic carbocycles. The fourth-order valence-electron chi connectivity index (χ4n) is 2.21. The van der Waals surface area contributed by atoms with Gasteiger partial charge in [0.05, 0.1) is 6.61 Å². The zero-order valence-electron chi connectivity index (χ0n) is 11.7. The van der Waals surface area contributed by atoms with Crippen LogP contribution < -0.4 is 10.2 Å². The van der Waals surface area contributed by atoms with E-state index in [1.807, 2.05) is 24.3 Å². The van der Waals surface area contributed by atoms with E-state index in [1.54, 1.807) is 12.1 Å². The van der Waals surface area contributed by atoms with Crippen molar-refractivity contribution in [2.24, 2.45) is 0 Å². The van der Waals surface area contributed by atoms with Gasteiger partial charge in [-0.3, -0.25) is 4.79 Å². The fourth-order valence-corrected chi connectivity index (χ4v) is 4.64. The Hall–Kier alpha value is -0.830. The zero-order chi connectivity index (χ0) is 15.5. The predicted molar refractivity (Wildman–Crippen MR) is 106 cm³/mol. The maximum atomic E-state index is 11.4. The molecule has 3 nitrogen and oxygen atoms in total. The lowest BCUT2D eigenvalue weighted by molar-refractivity contribution is 0.320. The van der Waals surface area contributed by atoms with Crippen LogP contribution in [0.1, 0.15) is 6.42 Å². The van der Waals surface area contributed by atoms with Gasteiger partial charge in [-0.1, -0.05) is 45.2 Å². The Morgan fingerprint density at radius 2 is 2.00 bits per heavy atom. The Labute approximate surface area is 155 Å². The summed E-state index contributed by atoms with van der Waals surface area (Å²) in [5, 5.41) is 0.997. The van der Waals surface area contributed by atoms with E-state index in [4.69, 9.17) is 9.15 Å². The van der Waals surface area contributed by atoms with Crippen LogP contribution in [0.15, 0.2) is 51.7 Å². The van der Waals surface area contributed by atoms with E-state index >= 15 is 0 Å². The molecule has 1 heterocycles. The molecule has 3 rings (SSSR count). The third kappa shape index (κ3) is 3.73. The molecular formula is C17H14I2O3. The summed E-state index contributed by atoms with van der Waals surface area (Å²) in [5.74, 6) is 1.40. The van der Waals surface area contributed by atoms with Crippen molar-refractivity contribution >= 4 is 56.2 Å². The summed E-state index contributed by atoms with van der Waals surface area (Å²) in [4.78, 5) is 11.4. The standard InChI is InChI=1S/C17H14I2O3/c18-6-5-13(19)10-21-15-4-2-12-7-11-1-3-14(20)8-16(11)22-17(12)9-15/h1-4,7-9,13H,5-6,10H2. The van der Waals surface area contributed by atoms with Gasteiger partial charge in [0.15, 0.2) is 5.43 Å². The lowest BCUT2D eigenvalue weighted by Crippen LogP contribution is -2.11. The lowest BCUT2D eigenvalue weighted by Gasteiger charge is -2.12. The molecule has 0 fully saturated rings. The van der Waals surface area contributed by atoms with E-state index in [9.17, 15) is 4.79 Å². The molecule has 1 unspecified atom stereocenters. The first-order valence-electron chi connectivity index (χ1n) is 6.96. The minimum absolute atomic E-state index is 0.0467. The SMILES string of the molecule is O=c1ccc2cc3ccc(OCC(I)CCI)cc3oc-2c1. The van der Waals surface area contributed by atoms with Gasteiger partial charge in [0, 0.05) is 31.4 Å². The second-order valence-electron chi connectivity index (χ2n) is 5.03. The van der Waals surface area contributed by atoms with Crippen molar-refractivity contribution in [2.75, 3.05) is 11.0 Å². The van der Waals surface area contributed by atoms with Crippen LogP contribution in [0.2, 0.25) is 0 Å². The van der Waals surface area contributed by atoms with Gasteiger partial charge in [0.1, 0.15) is 17.1 Å². The first-order chi connectivity index (χ1) is 10.7. The summed E-state index contributed by atoms with van der Waals surface area (Å²) < 4.78 is 13.3. The topological polar surface area (TPSA) is 39.4 Å². The Balaban J connectivity index is 1.90. The molecule has 22 heavy (non-hydrogen) atoms. The quantitative estimate of drug-likeness (QED) is 0.273. The summed E-state index contributed by atoms with van der Waals surface area (Å²) in [5.41, 5.74) is 1.61. The van der Waals surface area contributed by atoms with Crippen LogP contribution in [0.25, 0.3) is 22.3 Å². The number of rotatable bonds is 5. The highest BCUT2D eigenvalue weighted by molar-refractivity contribution is 14.1. The normalized spacial score (nSPS) is 12.6. The molecule has 0 bridgehead atoms. The third-order valence-electron chi connectivity index (χ3n) is 3.35. The van der Waals surface area contributed by atoms with Gasteiger partial charge in [-0.15, -0.1) is 0 Å². The smallest absolute Gasteiger partial charge is 0.182 e. The second kappa shape index (κ2) is 7.16. The van der Waals surface area contributed by atoms with Crippen molar-refractivity contribution in [2.45, 2.75) is 10.3 Å². The summed E-state index contributed by atoms with van der Waals surface area (Å²) in [6.45, 7) is 0.688. The molecule has 1 aromatic carbocycles. The van der Waals surface area contributed by atoms with Crippen molar-refractivity contribution in [3.8, 4) is 17.1 Å². The molecule has 1 aliphatic heterocycles. The highest BCUT2D eigenvalue weighted by Gasteiger charge is 2.09. The average molecular weight is 520 g/mol. The van der Waals surface area contributed by atoms with E-state index in [1.165, 1.54) is 6.07 Å². The number of fused-ring (bicyclic) bond motifs is 2. The second-order valence-corrected chi connectivity index (χ2v) is 7.87. The molecule has 114 valence electrons. The van der Waals surface area contributed by atoms with E-state index in [0.29, 0.717) is 16.3 Å². The number of alkyl halides is 2. The number of benzene rings is 2. The van der Waals surface area contributed by atoms with Gasteiger partial charge < -0.3 is 9.15 Å². The van der Waals surface area contributed by atoms with Crippen LogP contribution in [-0.2, 0) is 0 Å². The van der Waals surface area contributed by atoms with Crippen molar-refractivity contribution < 1.29 is 9.15 Å². The number of halogens is 2. The Kier molecular flexibility index (Phi) is 5.22. The maximum absolute atomic E-state index is 11.4. The molecule has 1 atom stereocenters. The largest absolute Gasteiger partial charge is 0.492 e. The minimum Gasteiger partial charge on any atom is -0.492 e. The molecule has 0 radical (unpaired) electrons. The van der Waals surface area contributed by atoms with Crippen molar-refractivity contribution in [3.05, 3.63) is 52.7 Å². The number of ether oxygens (including phenoxy) is 1. The summed E-state index contributed by atoms with van der Waals surface area (Å²) in [6, 6.07) is 12.7. The van der Waals surface area contributed by atoms with Gasteiger partial charge in [0.25, 0.3) is 0 Å². The summed E-state index contributed by atoms with van der Waals surface area (Å²) in [7, 11) is 0. The molecule has 0 amide bonds. The Morgan fingerprint density at radius 3 is 2.82 bits per heavy atom. The molecule has 1 aromatic rings. The van der Waals surface area contributed by atoms with Crippen LogP contribution in [0, 0.1) is 0 Å². The van der Waals surface area contributed by atoms with Gasteiger partial charge in [-0.25, -0.2) is 0 Å². The van der Waals surface area contributed by atoms with E-state index in [0.717, 1.165) is 33.1 Å². The van der Waals surface area contributed by atoms with Crippen LogP contribution in [0.3, 0.4) is 0 Å². The molecule has 0 saturated heterocycles. The van der Waals surface area contributed by atoms with E-state index in [-0.39, 0.29) is 5.43 Å². The van der Waals surface area contributed by atoms with E-state index < -0.39 is 0 Å². The molecule has 0 aromatic heterocycles. The fraction of sp³-hybridized carbons (Fsp3) is 0.235. The molecule has 0 saturated carbocycles. The number of hydrogen-bond acceptors (Lipinski definition) is 3. The number of hydrogen-bond donors (Lipinski definition) is 0. The minimum atomic E-state index is -0.0467. The Bertz CT molecular complexity index is 813. The maximum Gasteiger partial charge on any atom is 0.182 e. The van der Waals surface area contributed by atoms with Gasteiger partial charge in [-0.05, 0) is 36.8 Å². The molecular weight excluding hydrogens is 506 g/mol. The predicted octanol–water partition coefficient (Wildman–Crippen LogP) is 4.91. The zero-order valence-corrected chi connectivity index (χ0v) is 16.0. The first-order valence-corrected chi connectivity index (χ1v) is 9.73. The van der Waals surface area contributed by atoms with Gasteiger partial charge in [0.2, 0.25) is 0 Å². The molecule has 2 aliphatic rings. The third-order valence-corrected chi connectivity index (χ3v) is 4.96. The van der Waals surface area contributed by atoms with Crippen LogP contribution in [0.4, 0.5) is 0 Å². The Morgan fingerprint density at radius 1 is 1.14 bits per heavy atom. The lowest BCUT2D eigenvalue weighted by atomic mass is 10.1. The summed E-state index contributed by atoms with van der Waals surface area (Å²) in [6.07, 6.45) is 1.13. The highest BCUT2D eigenvalue weighted by Crippen LogP contribution is 2.29. The monoisotopic (exact) mass is 520 g/mol. The van der Waals surface area contributed by atoms with Gasteiger partial charge in [-0.2, -0.15) is 0 Å². The average Bonchev–Trinajstić information content (AvgIpc) is 2.51.